The first-order valence-electron chi connectivity index (χ1n) is 5.11. The minimum atomic E-state index is -0.667. The SMILES string of the molecule is COc1cc(Cl)ccc1C(=O)c1ccncc1F. The highest BCUT2D eigenvalue weighted by atomic mass is 35.5. The monoisotopic (exact) mass is 265 g/mol. The molecular formula is C13H9ClFNO2. The number of carbonyl (C=O) groups is 1. The molecule has 0 atom stereocenters. The average molecular weight is 266 g/mol. The van der Waals surface area contributed by atoms with E-state index in [1.54, 1.807) is 6.07 Å². The van der Waals surface area contributed by atoms with Gasteiger partial charge in [0.15, 0.2) is 11.6 Å². The Morgan fingerprint density at radius 1 is 1.33 bits per heavy atom. The summed E-state index contributed by atoms with van der Waals surface area (Å²) in [6.45, 7) is 0. The second-order valence-corrected chi connectivity index (χ2v) is 3.97. The van der Waals surface area contributed by atoms with Gasteiger partial charge in [-0.3, -0.25) is 9.78 Å². The van der Waals surface area contributed by atoms with Gasteiger partial charge in [-0.1, -0.05) is 11.6 Å². The third kappa shape index (κ3) is 2.33. The van der Waals surface area contributed by atoms with Crippen LogP contribution < -0.4 is 4.74 Å². The number of hydrogen-bond acceptors (Lipinski definition) is 3. The molecule has 1 heterocycles. The largest absolute Gasteiger partial charge is 0.496 e. The fraction of sp³-hybridized carbons (Fsp3) is 0.0769. The van der Waals surface area contributed by atoms with E-state index in [1.807, 2.05) is 0 Å². The average Bonchev–Trinajstić information content (AvgIpc) is 2.38. The lowest BCUT2D eigenvalue weighted by Crippen LogP contribution is -2.06. The predicted octanol–water partition coefficient (Wildman–Crippen LogP) is 3.11. The Hall–Kier alpha value is -1.94. The molecule has 0 amide bonds. The number of halogens is 2. The summed E-state index contributed by atoms with van der Waals surface area (Å²) < 4.78 is 18.6. The van der Waals surface area contributed by atoms with Crippen LogP contribution in [0.3, 0.4) is 0 Å². The third-order valence-corrected chi connectivity index (χ3v) is 2.66. The fourth-order valence-corrected chi connectivity index (χ4v) is 1.72. The number of benzene rings is 1. The number of hydrogen-bond donors (Lipinski definition) is 0. The van der Waals surface area contributed by atoms with Crippen LogP contribution in [0.4, 0.5) is 4.39 Å². The topological polar surface area (TPSA) is 39.2 Å². The molecule has 0 saturated heterocycles. The van der Waals surface area contributed by atoms with Gasteiger partial charge in [0.2, 0.25) is 0 Å². The molecular weight excluding hydrogens is 257 g/mol. The van der Waals surface area contributed by atoms with Gasteiger partial charge in [-0.05, 0) is 24.3 Å². The summed E-state index contributed by atoms with van der Waals surface area (Å²) in [5.74, 6) is -0.827. The zero-order valence-corrected chi connectivity index (χ0v) is 10.2. The molecule has 92 valence electrons. The van der Waals surface area contributed by atoms with Crippen molar-refractivity contribution in [2.75, 3.05) is 7.11 Å². The van der Waals surface area contributed by atoms with Crippen molar-refractivity contribution >= 4 is 17.4 Å². The second-order valence-electron chi connectivity index (χ2n) is 3.53. The van der Waals surface area contributed by atoms with Crippen LogP contribution in [0.2, 0.25) is 5.02 Å². The Morgan fingerprint density at radius 2 is 2.11 bits per heavy atom. The van der Waals surface area contributed by atoms with Gasteiger partial charge >= 0.3 is 0 Å². The molecule has 0 bridgehead atoms. The van der Waals surface area contributed by atoms with Crippen molar-refractivity contribution in [1.82, 2.24) is 4.98 Å². The fourth-order valence-electron chi connectivity index (χ4n) is 1.56. The first-order chi connectivity index (χ1) is 8.63. The first-order valence-corrected chi connectivity index (χ1v) is 5.49. The number of methoxy groups -OCH3 is 1. The number of aromatic nitrogens is 1. The Labute approximate surface area is 108 Å². The van der Waals surface area contributed by atoms with Crippen molar-refractivity contribution in [1.29, 1.82) is 0 Å². The van der Waals surface area contributed by atoms with Crippen molar-refractivity contribution in [3.8, 4) is 5.75 Å². The van der Waals surface area contributed by atoms with Gasteiger partial charge in [-0.15, -0.1) is 0 Å². The lowest BCUT2D eigenvalue weighted by molar-refractivity contribution is 0.103. The lowest BCUT2D eigenvalue weighted by atomic mass is 10.0. The molecule has 5 heteroatoms. The van der Waals surface area contributed by atoms with Gasteiger partial charge in [0.1, 0.15) is 5.75 Å². The number of rotatable bonds is 3. The molecule has 3 nitrogen and oxygen atoms in total. The Bertz CT molecular complexity index is 601. The Kier molecular flexibility index (Phi) is 3.58. The summed E-state index contributed by atoms with van der Waals surface area (Å²) in [6.07, 6.45) is 2.36. The Morgan fingerprint density at radius 3 is 2.78 bits per heavy atom. The van der Waals surface area contributed by atoms with E-state index in [-0.39, 0.29) is 11.1 Å². The van der Waals surface area contributed by atoms with Gasteiger partial charge in [-0.25, -0.2) is 4.39 Å². The van der Waals surface area contributed by atoms with Gasteiger partial charge in [0.05, 0.1) is 24.4 Å². The van der Waals surface area contributed by atoms with E-state index in [9.17, 15) is 9.18 Å². The summed E-state index contributed by atoms with van der Waals surface area (Å²) in [7, 11) is 1.42. The number of nitrogens with zero attached hydrogens (tertiary/aromatic N) is 1. The van der Waals surface area contributed by atoms with E-state index < -0.39 is 11.6 Å². The zero-order chi connectivity index (χ0) is 13.1. The minimum Gasteiger partial charge on any atom is -0.496 e. The summed E-state index contributed by atoms with van der Waals surface area (Å²) in [5.41, 5.74) is 0.206. The highest BCUT2D eigenvalue weighted by Gasteiger charge is 2.18. The summed E-state index contributed by atoms with van der Waals surface area (Å²) in [4.78, 5) is 15.8. The zero-order valence-electron chi connectivity index (χ0n) is 9.48. The first kappa shape index (κ1) is 12.5. The van der Waals surface area contributed by atoms with E-state index in [4.69, 9.17) is 16.3 Å². The third-order valence-electron chi connectivity index (χ3n) is 2.43. The van der Waals surface area contributed by atoms with Crippen LogP contribution in [0, 0.1) is 5.82 Å². The predicted molar refractivity (Wildman–Crippen MR) is 65.6 cm³/mol. The molecule has 1 aromatic heterocycles. The van der Waals surface area contributed by atoms with Crippen LogP contribution in [0.15, 0.2) is 36.7 Å². The van der Waals surface area contributed by atoms with Crippen molar-refractivity contribution in [3.63, 3.8) is 0 Å². The van der Waals surface area contributed by atoms with Crippen LogP contribution in [-0.4, -0.2) is 17.9 Å². The molecule has 0 aliphatic rings. The van der Waals surface area contributed by atoms with Crippen LogP contribution in [0.1, 0.15) is 15.9 Å². The maximum absolute atomic E-state index is 13.5. The van der Waals surface area contributed by atoms with E-state index in [2.05, 4.69) is 4.98 Å². The molecule has 2 aromatic rings. The van der Waals surface area contributed by atoms with Crippen molar-refractivity contribution in [2.45, 2.75) is 0 Å². The van der Waals surface area contributed by atoms with Gasteiger partial charge < -0.3 is 4.74 Å². The van der Waals surface area contributed by atoms with Gasteiger partial charge in [0.25, 0.3) is 0 Å². The normalized spacial score (nSPS) is 10.2. The number of ketones is 1. The summed E-state index contributed by atoms with van der Waals surface area (Å²) in [5, 5.41) is 0.443. The smallest absolute Gasteiger partial charge is 0.199 e. The molecule has 0 aliphatic carbocycles. The van der Waals surface area contributed by atoms with Gasteiger partial charge in [0, 0.05) is 11.2 Å². The van der Waals surface area contributed by atoms with Crippen molar-refractivity contribution in [2.24, 2.45) is 0 Å². The summed E-state index contributed by atoms with van der Waals surface area (Å²) in [6, 6.07) is 5.89. The molecule has 1 aromatic carbocycles. The number of ether oxygens (including phenoxy) is 1. The standard InChI is InChI=1S/C13H9ClFNO2/c1-18-12-6-8(14)2-3-10(12)13(17)9-4-5-16-7-11(9)15/h2-7H,1H3. The Balaban J connectivity index is 2.50. The molecule has 18 heavy (non-hydrogen) atoms. The number of carbonyl (C=O) groups excluding carboxylic acids is 1. The van der Waals surface area contributed by atoms with Crippen molar-refractivity contribution in [3.05, 3.63) is 58.6 Å². The molecule has 2 rings (SSSR count). The lowest BCUT2D eigenvalue weighted by Gasteiger charge is -2.08. The number of pyridine rings is 1. The maximum atomic E-state index is 13.5. The molecule has 0 aliphatic heterocycles. The quantitative estimate of drug-likeness (QED) is 0.801. The van der Waals surface area contributed by atoms with Gasteiger partial charge in [-0.2, -0.15) is 0 Å². The van der Waals surface area contributed by atoms with Crippen LogP contribution in [0.25, 0.3) is 0 Å². The minimum absolute atomic E-state index is 0.0503. The highest BCUT2D eigenvalue weighted by molar-refractivity contribution is 6.31. The molecule has 0 radical (unpaired) electrons. The van der Waals surface area contributed by atoms with E-state index in [1.165, 1.54) is 31.5 Å². The van der Waals surface area contributed by atoms with E-state index >= 15 is 0 Å². The van der Waals surface area contributed by atoms with Crippen molar-refractivity contribution < 1.29 is 13.9 Å². The summed E-state index contributed by atoms with van der Waals surface area (Å²) >= 11 is 5.80. The molecule has 0 spiro atoms. The highest BCUT2D eigenvalue weighted by Crippen LogP contribution is 2.25. The van der Waals surface area contributed by atoms with Crippen LogP contribution in [0.5, 0.6) is 5.75 Å². The molecule has 0 fully saturated rings. The molecule has 0 unspecified atom stereocenters. The maximum Gasteiger partial charge on any atom is 0.199 e. The van der Waals surface area contributed by atoms with E-state index in [0.717, 1.165) is 6.20 Å². The molecule has 0 saturated carbocycles. The van der Waals surface area contributed by atoms with Crippen LogP contribution >= 0.6 is 11.6 Å². The second kappa shape index (κ2) is 5.14. The van der Waals surface area contributed by atoms with E-state index in [0.29, 0.717) is 10.8 Å². The van der Waals surface area contributed by atoms with Crippen LogP contribution in [-0.2, 0) is 0 Å². The molecule has 0 N–H and O–H groups in total.